The average Bonchev–Trinajstić information content (AvgIpc) is 2.35. The Kier molecular flexibility index (Phi) is 3.92. The third-order valence-corrected chi connectivity index (χ3v) is 2.50. The van der Waals surface area contributed by atoms with Gasteiger partial charge >= 0.3 is 6.61 Å². The smallest absolute Gasteiger partial charge is 0.387 e. The number of hydrogen-bond acceptors (Lipinski definition) is 3. The lowest BCUT2D eigenvalue weighted by molar-refractivity contribution is -0.0497. The molecule has 5 heteroatoms. The number of ether oxygens (including phenoxy) is 1. The van der Waals surface area contributed by atoms with E-state index in [0.29, 0.717) is 0 Å². The molecule has 0 unspecified atom stereocenters. The fraction of sp³-hybridized carbons (Fsp3) is 0.308. The first-order valence-corrected chi connectivity index (χ1v) is 5.78. The predicted octanol–water partition coefficient (Wildman–Crippen LogP) is 3.66. The molecule has 0 spiro atoms. The SMILES string of the molecule is CCCNc1ccnc2ccc(OC(F)F)cc12. The van der Waals surface area contributed by atoms with E-state index in [9.17, 15) is 8.78 Å². The molecule has 1 heterocycles. The highest BCUT2D eigenvalue weighted by atomic mass is 19.3. The molecule has 0 aliphatic heterocycles. The van der Waals surface area contributed by atoms with Gasteiger partial charge in [0.15, 0.2) is 0 Å². The van der Waals surface area contributed by atoms with Crippen molar-refractivity contribution >= 4 is 16.6 Å². The summed E-state index contributed by atoms with van der Waals surface area (Å²) in [6, 6.07) is 6.56. The van der Waals surface area contributed by atoms with Crippen LogP contribution in [0.15, 0.2) is 30.5 Å². The molecule has 0 fully saturated rings. The topological polar surface area (TPSA) is 34.2 Å². The van der Waals surface area contributed by atoms with Gasteiger partial charge in [-0.3, -0.25) is 4.98 Å². The van der Waals surface area contributed by atoms with Crippen molar-refractivity contribution in [2.45, 2.75) is 20.0 Å². The van der Waals surface area contributed by atoms with Gasteiger partial charge in [0, 0.05) is 23.8 Å². The Morgan fingerprint density at radius 1 is 1.33 bits per heavy atom. The summed E-state index contributed by atoms with van der Waals surface area (Å²) in [5.74, 6) is 0.144. The zero-order chi connectivity index (χ0) is 13.0. The van der Waals surface area contributed by atoms with E-state index in [4.69, 9.17) is 0 Å². The highest BCUT2D eigenvalue weighted by molar-refractivity contribution is 5.92. The molecule has 0 amide bonds. The molecule has 0 radical (unpaired) electrons. The van der Waals surface area contributed by atoms with E-state index >= 15 is 0 Å². The zero-order valence-corrected chi connectivity index (χ0v) is 9.99. The van der Waals surface area contributed by atoms with Crippen LogP contribution in [0.25, 0.3) is 10.9 Å². The Hall–Kier alpha value is -1.91. The average molecular weight is 252 g/mol. The van der Waals surface area contributed by atoms with Crippen molar-refractivity contribution in [2.75, 3.05) is 11.9 Å². The molecule has 0 saturated carbocycles. The molecule has 1 aromatic heterocycles. The van der Waals surface area contributed by atoms with Crippen LogP contribution in [0.2, 0.25) is 0 Å². The molecule has 0 atom stereocenters. The number of nitrogens with zero attached hydrogens (tertiary/aromatic N) is 1. The Bertz CT molecular complexity index is 531. The van der Waals surface area contributed by atoms with Crippen molar-refractivity contribution in [1.82, 2.24) is 4.98 Å². The highest BCUT2D eigenvalue weighted by Crippen LogP contribution is 2.26. The summed E-state index contributed by atoms with van der Waals surface area (Å²) in [6.07, 6.45) is 2.67. The third kappa shape index (κ3) is 2.85. The number of benzene rings is 1. The molecule has 0 saturated heterocycles. The number of hydrogen-bond donors (Lipinski definition) is 1. The molecule has 0 aliphatic rings. The second kappa shape index (κ2) is 5.62. The van der Waals surface area contributed by atoms with Crippen LogP contribution in [0.5, 0.6) is 5.75 Å². The first-order chi connectivity index (χ1) is 8.70. The minimum atomic E-state index is -2.81. The molecule has 2 aromatic rings. The maximum atomic E-state index is 12.2. The van der Waals surface area contributed by atoms with Crippen LogP contribution in [0.3, 0.4) is 0 Å². The van der Waals surface area contributed by atoms with Crippen LogP contribution in [0.1, 0.15) is 13.3 Å². The maximum Gasteiger partial charge on any atom is 0.387 e. The summed E-state index contributed by atoms with van der Waals surface area (Å²) >= 11 is 0. The Morgan fingerprint density at radius 3 is 2.89 bits per heavy atom. The summed E-state index contributed by atoms with van der Waals surface area (Å²) in [7, 11) is 0. The summed E-state index contributed by atoms with van der Waals surface area (Å²) in [5, 5.41) is 4.02. The number of anilines is 1. The first-order valence-electron chi connectivity index (χ1n) is 5.78. The molecule has 96 valence electrons. The molecule has 2 rings (SSSR count). The van der Waals surface area contributed by atoms with Crippen LogP contribution in [0.4, 0.5) is 14.5 Å². The normalized spacial score (nSPS) is 10.9. The van der Waals surface area contributed by atoms with Gasteiger partial charge in [0.05, 0.1) is 5.52 Å². The highest BCUT2D eigenvalue weighted by Gasteiger charge is 2.07. The third-order valence-electron chi connectivity index (χ3n) is 2.50. The number of fused-ring (bicyclic) bond motifs is 1. The number of alkyl halides is 2. The minimum Gasteiger partial charge on any atom is -0.435 e. The van der Waals surface area contributed by atoms with Gasteiger partial charge in [-0.15, -0.1) is 0 Å². The monoisotopic (exact) mass is 252 g/mol. The van der Waals surface area contributed by atoms with Crippen LogP contribution in [-0.4, -0.2) is 18.1 Å². The van der Waals surface area contributed by atoms with Crippen LogP contribution < -0.4 is 10.1 Å². The van der Waals surface area contributed by atoms with Crippen molar-refractivity contribution in [1.29, 1.82) is 0 Å². The van der Waals surface area contributed by atoms with Crippen molar-refractivity contribution < 1.29 is 13.5 Å². The number of halogens is 2. The molecular formula is C13H14F2N2O. The van der Waals surface area contributed by atoms with Crippen molar-refractivity contribution in [3.63, 3.8) is 0 Å². The van der Waals surface area contributed by atoms with E-state index in [0.717, 1.165) is 29.6 Å². The quantitative estimate of drug-likeness (QED) is 0.881. The fourth-order valence-electron chi connectivity index (χ4n) is 1.72. The van der Waals surface area contributed by atoms with E-state index in [-0.39, 0.29) is 5.75 Å². The molecule has 3 nitrogen and oxygen atoms in total. The summed E-state index contributed by atoms with van der Waals surface area (Å²) in [6.45, 7) is 0.0620. The Labute approximate surface area is 104 Å². The van der Waals surface area contributed by atoms with E-state index in [1.165, 1.54) is 6.07 Å². The Morgan fingerprint density at radius 2 is 2.17 bits per heavy atom. The van der Waals surface area contributed by atoms with Gasteiger partial charge in [-0.2, -0.15) is 8.78 Å². The second-order valence-electron chi connectivity index (χ2n) is 3.84. The predicted molar refractivity (Wildman–Crippen MR) is 67.2 cm³/mol. The Balaban J connectivity index is 2.38. The van der Waals surface area contributed by atoms with Crippen LogP contribution >= 0.6 is 0 Å². The lowest BCUT2D eigenvalue weighted by atomic mass is 10.1. The van der Waals surface area contributed by atoms with Gasteiger partial charge in [-0.1, -0.05) is 6.92 Å². The first kappa shape index (κ1) is 12.5. The lowest BCUT2D eigenvalue weighted by Gasteiger charge is -2.10. The van der Waals surface area contributed by atoms with E-state index < -0.39 is 6.61 Å². The van der Waals surface area contributed by atoms with E-state index in [1.807, 2.05) is 6.07 Å². The molecule has 1 N–H and O–H groups in total. The summed E-state index contributed by atoms with van der Waals surface area (Å²) in [4.78, 5) is 4.19. The second-order valence-corrected chi connectivity index (χ2v) is 3.84. The van der Waals surface area contributed by atoms with E-state index in [1.54, 1.807) is 18.3 Å². The summed E-state index contributed by atoms with van der Waals surface area (Å²) < 4.78 is 28.7. The largest absolute Gasteiger partial charge is 0.435 e. The number of nitrogens with one attached hydrogen (secondary N) is 1. The summed E-state index contributed by atoms with van der Waals surface area (Å²) in [5.41, 5.74) is 1.62. The molecule has 0 aliphatic carbocycles. The number of aromatic nitrogens is 1. The number of rotatable bonds is 5. The zero-order valence-electron chi connectivity index (χ0n) is 9.99. The van der Waals surface area contributed by atoms with Gasteiger partial charge in [0.1, 0.15) is 5.75 Å². The molecule has 1 aromatic carbocycles. The van der Waals surface area contributed by atoms with E-state index in [2.05, 4.69) is 22.0 Å². The van der Waals surface area contributed by atoms with Gasteiger partial charge in [-0.25, -0.2) is 0 Å². The van der Waals surface area contributed by atoms with Gasteiger partial charge in [0.25, 0.3) is 0 Å². The maximum absolute atomic E-state index is 12.2. The van der Waals surface area contributed by atoms with Crippen molar-refractivity contribution in [3.8, 4) is 5.75 Å². The minimum absolute atomic E-state index is 0.144. The fourth-order valence-corrected chi connectivity index (χ4v) is 1.72. The van der Waals surface area contributed by atoms with Crippen molar-refractivity contribution in [2.24, 2.45) is 0 Å². The molecule has 18 heavy (non-hydrogen) atoms. The van der Waals surface area contributed by atoms with Crippen LogP contribution in [-0.2, 0) is 0 Å². The standard InChI is InChI=1S/C13H14F2N2O/c1-2-6-16-12-5-7-17-11-4-3-9(8-10(11)12)18-13(14)15/h3-5,7-8,13H,2,6H2,1H3,(H,16,17). The van der Waals surface area contributed by atoms with Gasteiger partial charge in [-0.05, 0) is 30.7 Å². The molecule has 0 bridgehead atoms. The molecular weight excluding hydrogens is 238 g/mol. The van der Waals surface area contributed by atoms with Crippen molar-refractivity contribution in [3.05, 3.63) is 30.5 Å². The lowest BCUT2D eigenvalue weighted by Crippen LogP contribution is -2.03. The van der Waals surface area contributed by atoms with Crippen LogP contribution in [0, 0.1) is 0 Å². The van der Waals surface area contributed by atoms with Gasteiger partial charge < -0.3 is 10.1 Å². The number of pyridine rings is 1. The van der Waals surface area contributed by atoms with Gasteiger partial charge in [0.2, 0.25) is 0 Å².